The molecule has 0 aromatic heterocycles. The first-order valence-electron chi connectivity index (χ1n) is 9.16. The number of benzene rings is 2. The number of alkyl halides is 3. The van der Waals surface area contributed by atoms with E-state index in [0.717, 1.165) is 49.2 Å². The number of rotatable bonds is 5. The van der Waals surface area contributed by atoms with Crippen LogP contribution in [0.2, 0.25) is 0 Å². The Bertz CT molecular complexity index is 755. The molecule has 1 aliphatic rings. The summed E-state index contributed by atoms with van der Waals surface area (Å²) in [5.74, 6) is 0.864. The van der Waals surface area contributed by atoms with Gasteiger partial charge in [0.1, 0.15) is 5.75 Å². The molecular weight excluding hydrogens is 353 g/mol. The Hall–Kier alpha value is -2.21. The second-order valence-electron chi connectivity index (χ2n) is 6.95. The van der Waals surface area contributed by atoms with Gasteiger partial charge in [-0.15, -0.1) is 0 Å². The number of methoxy groups -OCH3 is 1. The summed E-state index contributed by atoms with van der Waals surface area (Å²) in [4.78, 5) is 4.64. The molecule has 1 unspecified atom stereocenters. The Morgan fingerprint density at radius 1 is 1.00 bits per heavy atom. The largest absolute Gasteiger partial charge is 0.495 e. The van der Waals surface area contributed by atoms with Crippen LogP contribution in [0.3, 0.4) is 0 Å². The van der Waals surface area contributed by atoms with Gasteiger partial charge in [-0.05, 0) is 37.1 Å². The number of hydrogen-bond donors (Lipinski definition) is 0. The predicted octanol–water partition coefficient (Wildman–Crippen LogP) is 4.47. The van der Waals surface area contributed by atoms with E-state index >= 15 is 0 Å². The molecule has 1 heterocycles. The number of piperazine rings is 1. The lowest BCUT2D eigenvalue weighted by atomic mass is 10.0. The molecule has 6 heteroatoms. The van der Waals surface area contributed by atoms with Crippen LogP contribution in [0.1, 0.15) is 18.1 Å². The molecule has 1 saturated heterocycles. The van der Waals surface area contributed by atoms with Gasteiger partial charge in [-0.1, -0.05) is 30.3 Å². The van der Waals surface area contributed by atoms with Gasteiger partial charge in [-0.25, -0.2) is 0 Å². The van der Waals surface area contributed by atoms with Crippen LogP contribution >= 0.6 is 0 Å². The zero-order valence-electron chi connectivity index (χ0n) is 15.7. The van der Waals surface area contributed by atoms with Crippen molar-refractivity contribution in [3.8, 4) is 5.75 Å². The molecule has 3 rings (SSSR count). The molecule has 0 aliphatic carbocycles. The van der Waals surface area contributed by atoms with Gasteiger partial charge >= 0.3 is 6.18 Å². The quantitative estimate of drug-likeness (QED) is 0.764. The SMILES string of the molecule is COc1ccccc1N1CCN(C(C)Cc2cccc(C(F)(F)F)c2)CC1. The lowest BCUT2D eigenvalue weighted by molar-refractivity contribution is -0.137. The van der Waals surface area contributed by atoms with Crippen LogP contribution in [0.4, 0.5) is 18.9 Å². The highest BCUT2D eigenvalue weighted by Crippen LogP contribution is 2.31. The fourth-order valence-electron chi connectivity index (χ4n) is 3.64. The highest BCUT2D eigenvalue weighted by Gasteiger charge is 2.30. The first-order chi connectivity index (χ1) is 12.9. The van der Waals surface area contributed by atoms with E-state index in [9.17, 15) is 13.2 Å². The van der Waals surface area contributed by atoms with E-state index in [2.05, 4.69) is 22.8 Å². The standard InChI is InChI=1S/C21H25F3N2O/c1-16(14-17-6-5-7-18(15-17)21(22,23)24)25-10-12-26(13-11-25)19-8-3-4-9-20(19)27-2/h3-9,15-16H,10-14H2,1-2H3. The highest BCUT2D eigenvalue weighted by atomic mass is 19.4. The molecule has 2 aromatic carbocycles. The van der Waals surface area contributed by atoms with Crippen molar-refractivity contribution < 1.29 is 17.9 Å². The maximum absolute atomic E-state index is 12.9. The van der Waals surface area contributed by atoms with Crippen LogP contribution in [-0.2, 0) is 12.6 Å². The van der Waals surface area contributed by atoms with Crippen molar-refractivity contribution in [2.75, 3.05) is 38.2 Å². The van der Waals surface area contributed by atoms with Crippen molar-refractivity contribution in [2.24, 2.45) is 0 Å². The second-order valence-corrected chi connectivity index (χ2v) is 6.95. The summed E-state index contributed by atoms with van der Waals surface area (Å²) in [5, 5.41) is 0. The van der Waals surface area contributed by atoms with Crippen molar-refractivity contribution >= 4 is 5.69 Å². The summed E-state index contributed by atoms with van der Waals surface area (Å²) >= 11 is 0. The van der Waals surface area contributed by atoms with E-state index in [1.54, 1.807) is 13.2 Å². The average molecular weight is 378 g/mol. The Balaban J connectivity index is 1.60. The van der Waals surface area contributed by atoms with Crippen LogP contribution in [-0.4, -0.2) is 44.2 Å². The minimum absolute atomic E-state index is 0.188. The zero-order chi connectivity index (χ0) is 19.4. The number of ether oxygens (including phenoxy) is 1. The minimum Gasteiger partial charge on any atom is -0.495 e. The molecule has 0 saturated carbocycles. The molecule has 0 spiro atoms. The van der Waals surface area contributed by atoms with Gasteiger partial charge in [-0.2, -0.15) is 13.2 Å². The van der Waals surface area contributed by atoms with E-state index in [1.165, 1.54) is 12.1 Å². The summed E-state index contributed by atoms with van der Waals surface area (Å²) in [6.07, 6.45) is -3.68. The van der Waals surface area contributed by atoms with Crippen molar-refractivity contribution in [3.63, 3.8) is 0 Å². The van der Waals surface area contributed by atoms with Crippen molar-refractivity contribution in [1.82, 2.24) is 4.90 Å². The number of hydrogen-bond acceptors (Lipinski definition) is 3. The summed E-state index contributed by atoms with van der Waals surface area (Å²) in [5.41, 5.74) is 1.24. The van der Waals surface area contributed by atoms with Gasteiger partial charge in [0.15, 0.2) is 0 Å². The summed E-state index contributed by atoms with van der Waals surface area (Å²) in [6, 6.07) is 13.8. The zero-order valence-corrected chi connectivity index (χ0v) is 15.7. The van der Waals surface area contributed by atoms with Crippen LogP contribution < -0.4 is 9.64 Å². The molecule has 1 atom stereocenters. The second kappa shape index (κ2) is 8.21. The molecule has 146 valence electrons. The third-order valence-corrected chi connectivity index (χ3v) is 5.15. The first-order valence-corrected chi connectivity index (χ1v) is 9.16. The van der Waals surface area contributed by atoms with Gasteiger partial charge in [0.2, 0.25) is 0 Å². The lowest BCUT2D eigenvalue weighted by Gasteiger charge is -2.39. The minimum atomic E-state index is -4.29. The maximum atomic E-state index is 12.9. The number of para-hydroxylation sites is 2. The first kappa shape index (κ1) is 19.5. The number of halogens is 3. The smallest absolute Gasteiger partial charge is 0.416 e. The van der Waals surface area contributed by atoms with E-state index in [1.807, 2.05) is 18.2 Å². The normalized spacial score (nSPS) is 17.0. The molecule has 0 bridgehead atoms. The van der Waals surface area contributed by atoms with Crippen LogP contribution in [0.25, 0.3) is 0 Å². The highest BCUT2D eigenvalue weighted by molar-refractivity contribution is 5.58. The summed E-state index contributed by atoms with van der Waals surface area (Å²) in [7, 11) is 1.67. The van der Waals surface area contributed by atoms with Crippen LogP contribution in [0.15, 0.2) is 48.5 Å². The molecule has 3 nitrogen and oxygen atoms in total. The summed E-state index contributed by atoms with van der Waals surface area (Å²) in [6.45, 7) is 5.57. The number of nitrogens with zero attached hydrogens (tertiary/aromatic N) is 2. The molecule has 0 N–H and O–H groups in total. The predicted molar refractivity (Wildman–Crippen MR) is 101 cm³/mol. The third-order valence-electron chi connectivity index (χ3n) is 5.15. The molecule has 0 radical (unpaired) electrons. The van der Waals surface area contributed by atoms with E-state index < -0.39 is 11.7 Å². The molecule has 2 aromatic rings. The molecule has 27 heavy (non-hydrogen) atoms. The van der Waals surface area contributed by atoms with E-state index in [0.29, 0.717) is 6.42 Å². The van der Waals surface area contributed by atoms with Gasteiger partial charge in [0.05, 0.1) is 18.4 Å². The average Bonchev–Trinajstić information content (AvgIpc) is 2.67. The molecule has 1 aliphatic heterocycles. The Labute approximate surface area is 158 Å². The van der Waals surface area contributed by atoms with Crippen LogP contribution in [0, 0.1) is 0 Å². The molecule has 0 amide bonds. The van der Waals surface area contributed by atoms with Gasteiger partial charge in [0, 0.05) is 32.2 Å². The fourth-order valence-corrected chi connectivity index (χ4v) is 3.64. The Morgan fingerprint density at radius 2 is 1.70 bits per heavy atom. The van der Waals surface area contributed by atoms with Crippen molar-refractivity contribution in [3.05, 3.63) is 59.7 Å². The van der Waals surface area contributed by atoms with E-state index in [4.69, 9.17) is 4.74 Å². The Kier molecular flexibility index (Phi) is 5.95. The number of anilines is 1. The molecule has 1 fully saturated rings. The lowest BCUT2D eigenvalue weighted by Crippen LogP contribution is -2.50. The van der Waals surface area contributed by atoms with Crippen molar-refractivity contribution in [1.29, 1.82) is 0 Å². The van der Waals surface area contributed by atoms with Gasteiger partial charge in [0.25, 0.3) is 0 Å². The van der Waals surface area contributed by atoms with Gasteiger partial charge in [-0.3, -0.25) is 4.90 Å². The van der Waals surface area contributed by atoms with E-state index in [-0.39, 0.29) is 6.04 Å². The van der Waals surface area contributed by atoms with Crippen molar-refractivity contribution in [2.45, 2.75) is 25.6 Å². The summed E-state index contributed by atoms with van der Waals surface area (Å²) < 4.78 is 44.1. The fraction of sp³-hybridized carbons (Fsp3) is 0.429. The monoisotopic (exact) mass is 378 g/mol. The third kappa shape index (κ3) is 4.75. The molecular formula is C21H25F3N2O. The Morgan fingerprint density at radius 3 is 2.37 bits per heavy atom. The maximum Gasteiger partial charge on any atom is 0.416 e. The topological polar surface area (TPSA) is 15.7 Å². The van der Waals surface area contributed by atoms with Crippen LogP contribution in [0.5, 0.6) is 5.75 Å². The van der Waals surface area contributed by atoms with Gasteiger partial charge < -0.3 is 9.64 Å².